The lowest BCUT2D eigenvalue weighted by Gasteiger charge is -2.27. The highest BCUT2D eigenvalue weighted by Gasteiger charge is 2.23. The van der Waals surface area contributed by atoms with E-state index >= 15 is 0 Å². The van der Waals surface area contributed by atoms with Gasteiger partial charge in [0.25, 0.3) is 0 Å². The second-order valence-electron chi connectivity index (χ2n) is 7.11. The SMILES string of the molecule is COCCCN(CC(=O)N(Cc1ccc2c(c1)OCO2)Cc1cccs1)C(=O)COC. The van der Waals surface area contributed by atoms with E-state index in [1.807, 2.05) is 35.7 Å². The monoisotopic (exact) mass is 448 g/mol. The van der Waals surface area contributed by atoms with Crippen molar-refractivity contribution in [3.8, 4) is 11.5 Å². The number of fused-ring (bicyclic) bond motifs is 1. The van der Waals surface area contributed by atoms with Gasteiger partial charge in [-0.05, 0) is 35.6 Å². The third-order valence-electron chi connectivity index (χ3n) is 4.81. The summed E-state index contributed by atoms with van der Waals surface area (Å²) in [4.78, 5) is 30.1. The van der Waals surface area contributed by atoms with E-state index < -0.39 is 0 Å². The minimum absolute atomic E-state index is 0.0121. The summed E-state index contributed by atoms with van der Waals surface area (Å²) >= 11 is 1.59. The molecule has 168 valence electrons. The maximum Gasteiger partial charge on any atom is 0.249 e. The molecule has 2 aromatic rings. The quantitative estimate of drug-likeness (QED) is 0.465. The van der Waals surface area contributed by atoms with E-state index in [0.717, 1.165) is 10.4 Å². The first-order valence-electron chi connectivity index (χ1n) is 10.0. The molecule has 0 spiro atoms. The van der Waals surface area contributed by atoms with Gasteiger partial charge in [-0.1, -0.05) is 12.1 Å². The lowest BCUT2D eigenvalue weighted by Crippen LogP contribution is -2.44. The van der Waals surface area contributed by atoms with Gasteiger partial charge in [0.1, 0.15) is 6.61 Å². The average Bonchev–Trinajstić information content (AvgIpc) is 3.44. The van der Waals surface area contributed by atoms with Crippen LogP contribution in [0.2, 0.25) is 0 Å². The van der Waals surface area contributed by atoms with Gasteiger partial charge in [-0.15, -0.1) is 11.3 Å². The van der Waals surface area contributed by atoms with Crippen LogP contribution in [0.4, 0.5) is 0 Å². The van der Waals surface area contributed by atoms with E-state index in [1.165, 1.54) is 12.0 Å². The summed E-state index contributed by atoms with van der Waals surface area (Å²) in [6.07, 6.45) is 0.645. The molecular weight excluding hydrogens is 420 g/mol. The minimum atomic E-state index is -0.217. The number of hydrogen-bond donors (Lipinski definition) is 0. The zero-order chi connectivity index (χ0) is 22.1. The zero-order valence-corrected chi connectivity index (χ0v) is 18.7. The predicted octanol–water partition coefficient (Wildman–Crippen LogP) is 2.52. The van der Waals surface area contributed by atoms with Crippen LogP contribution in [0.5, 0.6) is 11.5 Å². The third kappa shape index (κ3) is 6.68. The molecular formula is C22H28N2O6S. The Labute approximate surface area is 186 Å². The summed E-state index contributed by atoms with van der Waals surface area (Å²) in [6.45, 7) is 1.94. The highest BCUT2D eigenvalue weighted by atomic mass is 32.1. The largest absolute Gasteiger partial charge is 0.454 e. The molecule has 0 bridgehead atoms. The normalized spacial score (nSPS) is 12.1. The Kier molecular flexibility index (Phi) is 8.69. The fraction of sp³-hybridized carbons (Fsp3) is 0.455. The van der Waals surface area contributed by atoms with Crippen LogP contribution in [0.3, 0.4) is 0 Å². The highest BCUT2D eigenvalue weighted by molar-refractivity contribution is 7.09. The number of ether oxygens (including phenoxy) is 4. The van der Waals surface area contributed by atoms with Crippen molar-refractivity contribution in [2.45, 2.75) is 19.5 Å². The van der Waals surface area contributed by atoms with E-state index in [4.69, 9.17) is 18.9 Å². The van der Waals surface area contributed by atoms with Crippen LogP contribution in [-0.4, -0.2) is 68.9 Å². The van der Waals surface area contributed by atoms with Crippen LogP contribution in [0.15, 0.2) is 35.7 Å². The summed E-state index contributed by atoms with van der Waals surface area (Å²) in [5, 5.41) is 1.98. The van der Waals surface area contributed by atoms with Crippen molar-refractivity contribution < 1.29 is 28.5 Å². The van der Waals surface area contributed by atoms with Crippen LogP contribution >= 0.6 is 11.3 Å². The topological polar surface area (TPSA) is 77.5 Å². The summed E-state index contributed by atoms with van der Waals surface area (Å²) in [7, 11) is 3.08. The van der Waals surface area contributed by atoms with Crippen molar-refractivity contribution in [2.24, 2.45) is 0 Å². The van der Waals surface area contributed by atoms with Crippen molar-refractivity contribution in [1.82, 2.24) is 9.80 Å². The molecule has 0 unspecified atom stereocenters. The molecule has 1 aromatic heterocycles. The number of hydrogen-bond acceptors (Lipinski definition) is 7. The van der Waals surface area contributed by atoms with Crippen molar-refractivity contribution in [3.05, 3.63) is 46.2 Å². The minimum Gasteiger partial charge on any atom is -0.454 e. The molecule has 31 heavy (non-hydrogen) atoms. The van der Waals surface area contributed by atoms with Crippen molar-refractivity contribution >= 4 is 23.2 Å². The number of carbonyl (C=O) groups is 2. The van der Waals surface area contributed by atoms with E-state index in [9.17, 15) is 9.59 Å². The van der Waals surface area contributed by atoms with Gasteiger partial charge >= 0.3 is 0 Å². The molecule has 1 aliphatic heterocycles. The highest BCUT2D eigenvalue weighted by Crippen LogP contribution is 2.33. The molecule has 0 aliphatic carbocycles. The standard InChI is InChI=1S/C22H28N2O6S/c1-27-9-4-8-23(22(26)15-28-2)14-21(25)24(13-18-5-3-10-31-18)12-17-6-7-19-20(11-17)30-16-29-19/h3,5-7,10-11H,4,8-9,12-16H2,1-2H3. The van der Waals surface area contributed by atoms with Gasteiger partial charge in [-0.2, -0.15) is 0 Å². The predicted molar refractivity (Wildman–Crippen MR) is 116 cm³/mol. The summed E-state index contributed by atoms with van der Waals surface area (Å²) in [5.41, 5.74) is 0.934. The molecule has 2 amide bonds. The summed E-state index contributed by atoms with van der Waals surface area (Å²) in [5.74, 6) is 1.03. The Morgan fingerprint density at radius 2 is 1.87 bits per heavy atom. The molecule has 2 heterocycles. The Hall–Kier alpha value is -2.62. The Morgan fingerprint density at radius 1 is 1.03 bits per heavy atom. The van der Waals surface area contributed by atoms with Gasteiger partial charge in [0.15, 0.2) is 11.5 Å². The number of rotatable bonds is 12. The molecule has 0 atom stereocenters. The first-order valence-corrected chi connectivity index (χ1v) is 10.9. The molecule has 1 aromatic carbocycles. The molecule has 0 N–H and O–H groups in total. The van der Waals surface area contributed by atoms with Crippen LogP contribution in [-0.2, 0) is 32.2 Å². The molecule has 9 heteroatoms. The number of methoxy groups -OCH3 is 2. The fourth-order valence-corrected chi connectivity index (χ4v) is 3.97. The van der Waals surface area contributed by atoms with Gasteiger partial charge in [0.05, 0.1) is 13.1 Å². The van der Waals surface area contributed by atoms with Gasteiger partial charge in [-0.25, -0.2) is 0 Å². The Morgan fingerprint density at radius 3 is 2.61 bits per heavy atom. The van der Waals surface area contributed by atoms with Crippen molar-refractivity contribution in [2.75, 3.05) is 47.3 Å². The maximum atomic E-state index is 13.3. The number of nitrogens with zero attached hydrogens (tertiary/aromatic N) is 2. The van der Waals surface area contributed by atoms with Gasteiger partial charge in [-0.3, -0.25) is 9.59 Å². The van der Waals surface area contributed by atoms with Crippen LogP contribution in [0.1, 0.15) is 16.9 Å². The number of carbonyl (C=O) groups excluding carboxylic acids is 2. The van der Waals surface area contributed by atoms with E-state index in [-0.39, 0.29) is 31.8 Å². The summed E-state index contributed by atoms with van der Waals surface area (Å²) in [6, 6.07) is 9.63. The Balaban J connectivity index is 1.73. The summed E-state index contributed by atoms with van der Waals surface area (Å²) < 4.78 is 20.9. The number of thiophene rings is 1. The smallest absolute Gasteiger partial charge is 0.249 e. The van der Waals surface area contributed by atoms with Crippen molar-refractivity contribution in [3.63, 3.8) is 0 Å². The molecule has 3 rings (SSSR count). The maximum absolute atomic E-state index is 13.3. The average molecular weight is 449 g/mol. The lowest BCUT2D eigenvalue weighted by atomic mass is 10.2. The second-order valence-corrected chi connectivity index (χ2v) is 8.14. The van der Waals surface area contributed by atoms with Crippen LogP contribution < -0.4 is 9.47 Å². The molecule has 0 radical (unpaired) electrons. The zero-order valence-electron chi connectivity index (χ0n) is 17.9. The molecule has 0 saturated carbocycles. The Bertz CT molecular complexity index is 858. The van der Waals surface area contributed by atoms with E-state index in [1.54, 1.807) is 23.3 Å². The lowest BCUT2D eigenvalue weighted by molar-refractivity contribution is -0.143. The van der Waals surface area contributed by atoms with E-state index in [2.05, 4.69) is 0 Å². The number of benzene rings is 1. The van der Waals surface area contributed by atoms with Gasteiger partial charge in [0, 0.05) is 38.8 Å². The first-order chi connectivity index (χ1) is 15.1. The van der Waals surface area contributed by atoms with E-state index in [0.29, 0.717) is 44.2 Å². The second kappa shape index (κ2) is 11.7. The van der Waals surface area contributed by atoms with Gasteiger partial charge in [0.2, 0.25) is 18.6 Å². The van der Waals surface area contributed by atoms with Gasteiger partial charge < -0.3 is 28.7 Å². The van der Waals surface area contributed by atoms with Crippen LogP contribution in [0.25, 0.3) is 0 Å². The molecule has 1 aliphatic rings. The molecule has 0 saturated heterocycles. The third-order valence-corrected chi connectivity index (χ3v) is 5.67. The fourth-order valence-electron chi connectivity index (χ4n) is 3.25. The molecule has 0 fully saturated rings. The van der Waals surface area contributed by atoms with Crippen molar-refractivity contribution in [1.29, 1.82) is 0 Å². The first kappa shape index (κ1) is 23.1. The number of amides is 2. The molecule has 8 nitrogen and oxygen atoms in total. The van der Waals surface area contributed by atoms with Crippen LogP contribution in [0, 0.1) is 0 Å².